The van der Waals surface area contributed by atoms with Crippen LogP contribution in [0.3, 0.4) is 0 Å². The molecule has 0 atom stereocenters. The van der Waals surface area contributed by atoms with Crippen molar-refractivity contribution in [2.75, 3.05) is 5.73 Å². The van der Waals surface area contributed by atoms with Crippen LogP contribution in [-0.2, 0) is 0 Å². The lowest BCUT2D eigenvalue weighted by atomic mass is 10.1. The minimum Gasteiger partial charge on any atom is -0.399 e. The van der Waals surface area contributed by atoms with Gasteiger partial charge in [0.2, 0.25) is 0 Å². The molecule has 2 rings (SSSR count). The average Bonchev–Trinajstić information content (AvgIpc) is 2.54. The molecule has 0 aliphatic rings. The maximum absolute atomic E-state index is 13.4. The predicted octanol–water partition coefficient (Wildman–Crippen LogP) is 3.28. The molecule has 14 heavy (non-hydrogen) atoms. The molecule has 0 spiro atoms. The summed E-state index contributed by atoms with van der Waals surface area (Å²) in [6, 6.07) is 5.66. The van der Waals surface area contributed by atoms with Crippen molar-refractivity contribution in [2.24, 2.45) is 0 Å². The molecule has 0 fully saturated rings. The number of hydrogen-bond donors (Lipinski definition) is 1. The summed E-state index contributed by atoms with van der Waals surface area (Å²) in [5.74, 6) is -1.24. The van der Waals surface area contributed by atoms with E-state index in [0.717, 1.165) is 12.1 Å². The van der Waals surface area contributed by atoms with E-state index in [1.807, 2.05) is 0 Å². The fourth-order valence-corrected chi connectivity index (χ4v) is 2.02. The molecule has 1 aromatic carbocycles. The van der Waals surface area contributed by atoms with Crippen LogP contribution in [0.1, 0.15) is 0 Å². The van der Waals surface area contributed by atoms with Gasteiger partial charge in [-0.15, -0.1) is 11.3 Å². The van der Waals surface area contributed by atoms with Gasteiger partial charge >= 0.3 is 0 Å². The highest BCUT2D eigenvalue weighted by Crippen LogP contribution is 2.31. The van der Waals surface area contributed by atoms with Gasteiger partial charge in [-0.25, -0.2) is 8.78 Å². The number of nitrogens with two attached hydrogens (primary N) is 1. The molecular weight excluding hydrogens is 204 g/mol. The Morgan fingerprint density at radius 3 is 2.29 bits per heavy atom. The lowest BCUT2D eigenvalue weighted by Gasteiger charge is -2.03. The molecule has 0 radical (unpaired) electrons. The molecule has 0 aliphatic carbocycles. The highest BCUT2D eigenvalue weighted by molar-refractivity contribution is 7.13. The zero-order valence-electron chi connectivity index (χ0n) is 7.13. The van der Waals surface area contributed by atoms with Gasteiger partial charge in [0.1, 0.15) is 11.6 Å². The first-order chi connectivity index (χ1) is 6.68. The normalized spacial score (nSPS) is 10.4. The molecular formula is C10H7F2NS. The van der Waals surface area contributed by atoms with Crippen molar-refractivity contribution in [3.63, 3.8) is 0 Å². The number of rotatable bonds is 1. The summed E-state index contributed by atoms with van der Waals surface area (Å²) < 4.78 is 26.7. The SMILES string of the molecule is Nc1cc(F)c(-c2cccs2)c(F)c1. The Bertz CT molecular complexity index is 428. The molecule has 1 aromatic heterocycles. The quantitative estimate of drug-likeness (QED) is 0.720. The third kappa shape index (κ3) is 1.48. The smallest absolute Gasteiger partial charge is 0.136 e. The van der Waals surface area contributed by atoms with Gasteiger partial charge in [0.15, 0.2) is 0 Å². The molecule has 0 unspecified atom stereocenters. The summed E-state index contributed by atoms with van der Waals surface area (Å²) >= 11 is 1.29. The molecule has 1 heterocycles. The number of anilines is 1. The highest BCUT2D eigenvalue weighted by Gasteiger charge is 2.12. The summed E-state index contributed by atoms with van der Waals surface area (Å²) in [6.07, 6.45) is 0. The minimum absolute atomic E-state index is 0.00537. The van der Waals surface area contributed by atoms with Gasteiger partial charge in [-0.2, -0.15) is 0 Å². The van der Waals surface area contributed by atoms with Crippen molar-refractivity contribution < 1.29 is 8.78 Å². The lowest BCUT2D eigenvalue weighted by Crippen LogP contribution is -1.92. The van der Waals surface area contributed by atoms with Gasteiger partial charge in [0.05, 0.1) is 5.56 Å². The molecule has 0 saturated heterocycles. The van der Waals surface area contributed by atoms with Crippen molar-refractivity contribution in [2.45, 2.75) is 0 Å². The molecule has 1 nitrogen and oxygen atoms in total. The van der Waals surface area contributed by atoms with Crippen molar-refractivity contribution in [3.8, 4) is 10.4 Å². The zero-order chi connectivity index (χ0) is 10.1. The minimum atomic E-state index is -0.620. The second-order valence-electron chi connectivity index (χ2n) is 2.84. The van der Waals surface area contributed by atoms with Crippen LogP contribution in [0.4, 0.5) is 14.5 Å². The van der Waals surface area contributed by atoms with E-state index in [4.69, 9.17) is 5.73 Å². The van der Waals surface area contributed by atoms with E-state index in [1.165, 1.54) is 11.3 Å². The van der Waals surface area contributed by atoms with Crippen molar-refractivity contribution in [1.29, 1.82) is 0 Å². The van der Waals surface area contributed by atoms with Gasteiger partial charge < -0.3 is 5.73 Å². The molecule has 0 saturated carbocycles. The molecule has 72 valence electrons. The second-order valence-corrected chi connectivity index (χ2v) is 3.78. The fraction of sp³-hybridized carbons (Fsp3) is 0. The van der Waals surface area contributed by atoms with Crippen LogP contribution in [0.25, 0.3) is 10.4 Å². The molecule has 4 heteroatoms. The highest BCUT2D eigenvalue weighted by atomic mass is 32.1. The first kappa shape index (κ1) is 9.15. The molecule has 0 bridgehead atoms. The zero-order valence-corrected chi connectivity index (χ0v) is 7.94. The molecule has 2 N–H and O–H groups in total. The Labute approximate surface area is 83.8 Å². The topological polar surface area (TPSA) is 26.0 Å². The standard InChI is InChI=1S/C10H7F2NS/c11-7-4-6(13)5-8(12)10(7)9-2-1-3-14-9/h1-5H,13H2. The second kappa shape index (κ2) is 3.38. The number of halogens is 2. The summed E-state index contributed by atoms with van der Waals surface area (Å²) in [5.41, 5.74) is 5.40. The van der Waals surface area contributed by atoms with E-state index in [0.29, 0.717) is 4.88 Å². The summed E-state index contributed by atoms with van der Waals surface area (Å²) in [5, 5.41) is 1.77. The molecule has 2 aromatic rings. The number of hydrogen-bond acceptors (Lipinski definition) is 2. The Balaban J connectivity index is 2.64. The van der Waals surface area contributed by atoms with E-state index in [9.17, 15) is 8.78 Å². The monoisotopic (exact) mass is 211 g/mol. The van der Waals surface area contributed by atoms with Gasteiger partial charge in [-0.3, -0.25) is 0 Å². The summed E-state index contributed by atoms with van der Waals surface area (Å²) in [7, 11) is 0. The Morgan fingerprint density at radius 2 is 1.79 bits per heavy atom. The summed E-state index contributed by atoms with van der Waals surface area (Å²) in [4.78, 5) is 0.569. The Kier molecular flexibility index (Phi) is 2.21. The number of thiophene rings is 1. The molecule has 0 aliphatic heterocycles. The third-order valence-corrected chi connectivity index (χ3v) is 2.72. The van der Waals surface area contributed by atoms with E-state index in [1.54, 1.807) is 17.5 Å². The lowest BCUT2D eigenvalue weighted by molar-refractivity contribution is 0.591. The van der Waals surface area contributed by atoms with Crippen LogP contribution in [-0.4, -0.2) is 0 Å². The fourth-order valence-electron chi connectivity index (χ4n) is 1.25. The maximum Gasteiger partial charge on any atom is 0.136 e. The first-order valence-electron chi connectivity index (χ1n) is 3.97. The van der Waals surface area contributed by atoms with E-state index in [-0.39, 0.29) is 11.3 Å². The summed E-state index contributed by atoms with van der Waals surface area (Å²) in [6.45, 7) is 0. The van der Waals surface area contributed by atoms with Crippen LogP contribution in [0.5, 0.6) is 0 Å². The van der Waals surface area contributed by atoms with Gasteiger partial charge in [0, 0.05) is 10.6 Å². The largest absolute Gasteiger partial charge is 0.399 e. The third-order valence-electron chi connectivity index (χ3n) is 1.83. The van der Waals surface area contributed by atoms with Crippen LogP contribution in [0, 0.1) is 11.6 Å². The Morgan fingerprint density at radius 1 is 1.14 bits per heavy atom. The van der Waals surface area contributed by atoms with E-state index < -0.39 is 11.6 Å². The van der Waals surface area contributed by atoms with Crippen LogP contribution >= 0.6 is 11.3 Å². The van der Waals surface area contributed by atoms with Crippen molar-refractivity contribution >= 4 is 17.0 Å². The average molecular weight is 211 g/mol. The van der Waals surface area contributed by atoms with Crippen molar-refractivity contribution in [1.82, 2.24) is 0 Å². The van der Waals surface area contributed by atoms with Crippen LogP contribution < -0.4 is 5.73 Å². The Hall–Kier alpha value is -1.42. The van der Waals surface area contributed by atoms with Gasteiger partial charge in [0.25, 0.3) is 0 Å². The van der Waals surface area contributed by atoms with Crippen molar-refractivity contribution in [3.05, 3.63) is 41.3 Å². The molecule has 0 amide bonds. The van der Waals surface area contributed by atoms with Gasteiger partial charge in [-0.1, -0.05) is 6.07 Å². The first-order valence-corrected chi connectivity index (χ1v) is 4.85. The van der Waals surface area contributed by atoms with Crippen LogP contribution in [0.2, 0.25) is 0 Å². The van der Waals surface area contributed by atoms with Gasteiger partial charge in [-0.05, 0) is 23.6 Å². The van der Waals surface area contributed by atoms with Crippen LogP contribution in [0.15, 0.2) is 29.6 Å². The van der Waals surface area contributed by atoms with E-state index >= 15 is 0 Å². The van der Waals surface area contributed by atoms with E-state index in [2.05, 4.69) is 0 Å². The predicted molar refractivity (Wildman–Crippen MR) is 54.1 cm³/mol. The number of nitrogen functional groups attached to an aromatic ring is 1. The maximum atomic E-state index is 13.4. The number of benzene rings is 1.